The molecule has 0 aliphatic heterocycles. The fourth-order valence-electron chi connectivity index (χ4n) is 7.48. The van der Waals surface area contributed by atoms with Gasteiger partial charge in [-0.15, -0.1) is 0 Å². The molecule has 2 atom stereocenters. The van der Waals surface area contributed by atoms with Crippen LogP contribution in [0.5, 0.6) is 0 Å². The summed E-state index contributed by atoms with van der Waals surface area (Å²) in [6.07, 6.45) is 8.57. The zero-order valence-electron chi connectivity index (χ0n) is 27.9. The Kier molecular flexibility index (Phi) is 10.4. The van der Waals surface area contributed by atoms with Crippen molar-refractivity contribution in [2.45, 2.75) is 103 Å². The molecule has 2 aliphatic rings. The van der Waals surface area contributed by atoms with Crippen LogP contribution < -0.4 is 11.0 Å². The summed E-state index contributed by atoms with van der Waals surface area (Å²) in [6.45, 7) is 9.03. The number of amides is 2. The molecule has 6 rings (SSSR count). The molecule has 4 N–H and O–H groups in total. The number of aryl methyl sites for hydroxylation is 6. The van der Waals surface area contributed by atoms with Crippen molar-refractivity contribution in [1.82, 2.24) is 30.5 Å². The van der Waals surface area contributed by atoms with Gasteiger partial charge in [-0.25, -0.2) is 19.7 Å². The zero-order valence-corrected chi connectivity index (χ0v) is 27.9. The topological polar surface area (TPSA) is 134 Å². The third kappa shape index (κ3) is 6.38. The minimum absolute atomic E-state index is 0.337. The highest BCUT2D eigenvalue weighted by molar-refractivity contribution is 5.88. The van der Waals surface area contributed by atoms with Gasteiger partial charge < -0.3 is 0 Å². The van der Waals surface area contributed by atoms with Crippen LogP contribution in [-0.4, -0.2) is 41.8 Å². The lowest BCUT2D eigenvalue weighted by molar-refractivity contribution is -0.136. The minimum atomic E-state index is -0.953. The number of hydroxylamine groups is 2. The Bertz CT molecular complexity index is 1620. The van der Waals surface area contributed by atoms with Crippen LogP contribution in [-0.2, 0) is 59.2 Å². The molecule has 2 aliphatic carbocycles. The van der Waals surface area contributed by atoms with Gasteiger partial charge in [0, 0.05) is 25.5 Å². The molecular weight excluding hydrogens is 618 g/mol. The maximum absolute atomic E-state index is 14.1. The van der Waals surface area contributed by atoms with Gasteiger partial charge in [-0.1, -0.05) is 24.3 Å². The maximum Gasteiger partial charge on any atom is 0.254 e. The normalized spacial score (nSPS) is 20.3. The number of hydrogen-bond acceptors (Lipinski definition) is 6. The fraction of sp³-hybridized carbons (Fsp3) is 0.444. The molecule has 2 aromatic carbocycles. The first-order chi connectivity index (χ1) is 23.0. The Morgan fingerprint density at radius 1 is 0.708 bits per heavy atom. The van der Waals surface area contributed by atoms with E-state index < -0.39 is 22.6 Å². The summed E-state index contributed by atoms with van der Waals surface area (Å²) in [5.41, 5.74) is 8.12. The average Bonchev–Trinajstić information content (AvgIpc) is 3.60. The Morgan fingerprint density at radius 2 is 1.08 bits per heavy atom. The predicted octanol–water partition coefficient (Wildman–Crippen LogP) is 5.35. The lowest BCUT2D eigenvalue weighted by atomic mass is 9.71. The van der Waals surface area contributed by atoms with Crippen LogP contribution >= 0.6 is 0 Å². The summed E-state index contributed by atoms with van der Waals surface area (Å²) in [4.78, 5) is 25.2. The molecule has 2 heterocycles. The highest BCUT2D eigenvalue weighted by Crippen LogP contribution is 2.41. The van der Waals surface area contributed by atoms with Crippen molar-refractivity contribution in [3.63, 3.8) is 0 Å². The van der Waals surface area contributed by atoms with E-state index in [1.54, 1.807) is 49.1 Å². The van der Waals surface area contributed by atoms with Crippen molar-refractivity contribution in [3.05, 3.63) is 105 Å². The van der Waals surface area contributed by atoms with E-state index in [0.29, 0.717) is 73.6 Å². The second-order valence-corrected chi connectivity index (χ2v) is 12.8. The van der Waals surface area contributed by atoms with E-state index in [9.17, 15) is 28.8 Å². The molecule has 0 saturated heterocycles. The van der Waals surface area contributed by atoms with E-state index in [0.717, 1.165) is 35.6 Å². The Hall–Kier alpha value is -4.42. The molecule has 2 unspecified atom stereocenters. The minimum Gasteiger partial charge on any atom is -0.289 e. The first-order valence-electron chi connectivity index (χ1n) is 16.5. The van der Waals surface area contributed by atoms with Crippen molar-refractivity contribution in [1.29, 1.82) is 0 Å². The molecule has 48 heavy (non-hydrogen) atoms. The van der Waals surface area contributed by atoms with E-state index in [1.807, 2.05) is 35.6 Å². The van der Waals surface area contributed by atoms with Crippen LogP contribution in [0.25, 0.3) is 0 Å². The first kappa shape index (κ1) is 34.9. The number of carbonyl (C=O) groups excluding carboxylic acids is 2. The number of benzene rings is 2. The monoisotopic (exact) mass is 662 g/mol. The van der Waals surface area contributed by atoms with E-state index in [4.69, 9.17) is 0 Å². The molecule has 0 fully saturated rings. The Labute approximate surface area is 279 Å². The summed E-state index contributed by atoms with van der Waals surface area (Å²) in [6, 6.07) is 9.57. The SMILES string of the molecule is CCn1cc2c(n1)CCC(C(=O)NO)(c1cccc(F)c1C)CC2.CCn1cc2c(n1)CCC(C(=O)NO)(c1cccc(F)c1C)CC2. The third-order valence-corrected chi connectivity index (χ3v) is 10.4. The highest BCUT2D eigenvalue weighted by atomic mass is 19.1. The number of nitrogens with zero attached hydrogens (tertiary/aromatic N) is 4. The number of nitrogens with one attached hydrogen (secondary N) is 2. The van der Waals surface area contributed by atoms with Crippen LogP contribution in [0.3, 0.4) is 0 Å². The van der Waals surface area contributed by atoms with Gasteiger partial charge in [-0.3, -0.25) is 29.4 Å². The average molecular weight is 663 g/mol. The Balaban J connectivity index is 0.000000188. The van der Waals surface area contributed by atoms with Crippen molar-refractivity contribution < 1.29 is 28.8 Å². The van der Waals surface area contributed by atoms with Gasteiger partial charge >= 0.3 is 0 Å². The Morgan fingerprint density at radius 3 is 1.44 bits per heavy atom. The zero-order chi connectivity index (χ0) is 34.6. The molecule has 0 bridgehead atoms. The van der Waals surface area contributed by atoms with Crippen LogP contribution in [0, 0.1) is 25.5 Å². The molecule has 2 aromatic heterocycles. The molecular formula is C36H44F2N6O4. The molecule has 10 nitrogen and oxygen atoms in total. The van der Waals surface area contributed by atoms with Gasteiger partial charge in [0.2, 0.25) is 0 Å². The predicted molar refractivity (Wildman–Crippen MR) is 175 cm³/mol. The number of halogens is 2. The van der Waals surface area contributed by atoms with Gasteiger partial charge in [0.05, 0.1) is 22.2 Å². The van der Waals surface area contributed by atoms with Crippen LogP contribution in [0.2, 0.25) is 0 Å². The molecule has 12 heteroatoms. The van der Waals surface area contributed by atoms with E-state index >= 15 is 0 Å². The quantitative estimate of drug-likeness (QED) is 0.125. The first-order valence-corrected chi connectivity index (χ1v) is 16.5. The number of rotatable bonds is 6. The summed E-state index contributed by atoms with van der Waals surface area (Å²) < 4.78 is 31.9. The van der Waals surface area contributed by atoms with Crippen molar-refractivity contribution in [2.75, 3.05) is 0 Å². The second-order valence-electron chi connectivity index (χ2n) is 12.8. The molecule has 4 aromatic rings. The van der Waals surface area contributed by atoms with Gasteiger partial charge in [0.1, 0.15) is 11.6 Å². The van der Waals surface area contributed by atoms with Gasteiger partial charge in [-0.05, 0) is 125 Å². The van der Waals surface area contributed by atoms with E-state index in [2.05, 4.69) is 10.2 Å². The molecule has 0 saturated carbocycles. The van der Waals surface area contributed by atoms with E-state index in [-0.39, 0.29) is 11.6 Å². The molecule has 2 amide bonds. The summed E-state index contributed by atoms with van der Waals surface area (Å²) in [5.74, 6) is -1.64. The molecule has 0 radical (unpaired) electrons. The van der Waals surface area contributed by atoms with Crippen LogP contribution in [0.15, 0.2) is 48.8 Å². The van der Waals surface area contributed by atoms with Crippen molar-refractivity contribution >= 4 is 11.8 Å². The fourth-order valence-corrected chi connectivity index (χ4v) is 7.48. The number of hydrogen-bond donors (Lipinski definition) is 4. The summed E-state index contributed by atoms with van der Waals surface area (Å²) in [5, 5.41) is 27.7. The van der Waals surface area contributed by atoms with Gasteiger partial charge in [-0.2, -0.15) is 10.2 Å². The largest absolute Gasteiger partial charge is 0.289 e. The van der Waals surface area contributed by atoms with Crippen molar-refractivity contribution in [2.24, 2.45) is 0 Å². The smallest absolute Gasteiger partial charge is 0.254 e. The standard InChI is InChI=1S/2C18H22FN3O2/c2*1-3-22-11-13-7-9-18(17(23)21-24,10-8-16(13)20-22)14-5-4-6-15(19)12(14)2/h2*4-6,11,24H,3,7-10H2,1-2H3,(H,21,23). The third-order valence-electron chi connectivity index (χ3n) is 10.4. The van der Waals surface area contributed by atoms with E-state index in [1.165, 1.54) is 12.1 Å². The second kappa shape index (κ2) is 14.4. The highest BCUT2D eigenvalue weighted by Gasteiger charge is 2.44. The number of aromatic nitrogens is 4. The summed E-state index contributed by atoms with van der Waals surface area (Å²) >= 11 is 0. The molecule has 256 valence electrons. The van der Waals surface area contributed by atoms with Crippen molar-refractivity contribution in [3.8, 4) is 0 Å². The summed E-state index contributed by atoms with van der Waals surface area (Å²) in [7, 11) is 0. The lowest BCUT2D eigenvalue weighted by Crippen LogP contribution is -2.44. The number of carbonyl (C=O) groups is 2. The van der Waals surface area contributed by atoms with Gasteiger partial charge in [0.15, 0.2) is 0 Å². The number of fused-ring (bicyclic) bond motifs is 2. The van der Waals surface area contributed by atoms with Crippen LogP contribution in [0.4, 0.5) is 8.78 Å². The maximum atomic E-state index is 14.1. The lowest BCUT2D eigenvalue weighted by Gasteiger charge is -2.32. The van der Waals surface area contributed by atoms with Gasteiger partial charge in [0.25, 0.3) is 11.8 Å². The van der Waals surface area contributed by atoms with Crippen LogP contribution in [0.1, 0.15) is 84.3 Å². The molecule has 0 spiro atoms.